The van der Waals surface area contributed by atoms with Crippen LogP contribution in [0.4, 0.5) is 5.69 Å². The zero-order valence-electron chi connectivity index (χ0n) is 14.6. The normalized spacial score (nSPS) is 13.2. The Morgan fingerprint density at radius 3 is 2.28 bits per heavy atom. The largest absolute Gasteiger partial charge is 0.491 e. The second-order valence-corrected chi connectivity index (χ2v) is 6.20. The molecule has 2 aromatic carbocycles. The molecule has 0 fully saturated rings. The number of aryl methyl sites for hydroxylation is 1. The predicted octanol–water partition coefficient (Wildman–Crippen LogP) is 3.82. The lowest BCUT2D eigenvalue weighted by Gasteiger charge is -2.17. The fourth-order valence-electron chi connectivity index (χ4n) is 2.66. The standard InChI is InChI=1S/C20H23NO4/c1-14(2)25-17-6-4-16(5-7-17)23-11-12-24-18-8-9-19-15(13-18)3-10-20(22)21-19/h4-9,13-14H,3,10-12H2,1-2H3,(H,21,22). The van der Waals surface area contributed by atoms with Crippen molar-refractivity contribution >= 4 is 11.6 Å². The first-order valence-corrected chi connectivity index (χ1v) is 8.55. The van der Waals surface area contributed by atoms with Crippen LogP contribution in [0.15, 0.2) is 42.5 Å². The molecule has 0 aromatic heterocycles. The molecular weight excluding hydrogens is 318 g/mol. The Hall–Kier alpha value is -2.69. The maximum Gasteiger partial charge on any atom is 0.224 e. The van der Waals surface area contributed by atoms with Gasteiger partial charge in [-0.3, -0.25) is 4.79 Å². The van der Waals surface area contributed by atoms with Gasteiger partial charge in [-0.1, -0.05) is 0 Å². The Bertz CT molecular complexity index is 725. The van der Waals surface area contributed by atoms with Gasteiger partial charge in [-0.15, -0.1) is 0 Å². The lowest BCUT2D eigenvalue weighted by Crippen LogP contribution is -2.19. The van der Waals surface area contributed by atoms with Gasteiger partial charge < -0.3 is 19.5 Å². The highest BCUT2D eigenvalue weighted by atomic mass is 16.5. The van der Waals surface area contributed by atoms with Crippen LogP contribution < -0.4 is 19.5 Å². The van der Waals surface area contributed by atoms with Crippen molar-refractivity contribution in [2.24, 2.45) is 0 Å². The number of benzene rings is 2. The van der Waals surface area contributed by atoms with E-state index in [2.05, 4.69) is 5.32 Å². The van der Waals surface area contributed by atoms with Gasteiger partial charge in [-0.05, 0) is 68.3 Å². The summed E-state index contributed by atoms with van der Waals surface area (Å²) in [5.41, 5.74) is 1.99. The molecule has 132 valence electrons. The fourth-order valence-corrected chi connectivity index (χ4v) is 2.66. The van der Waals surface area contributed by atoms with E-state index < -0.39 is 0 Å². The Labute approximate surface area is 147 Å². The highest BCUT2D eigenvalue weighted by Gasteiger charge is 2.14. The number of hydrogen-bond acceptors (Lipinski definition) is 4. The second-order valence-electron chi connectivity index (χ2n) is 6.20. The highest BCUT2D eigenvalue weighted by molar-refractivity contribution is 5.93. The Morgan fingerprint density at radius 1 is 0.920 bits per heavy atom. The van der Waals surface area contributed by atoms with Gasteiger partial charge in [0.1, 0.15) is 30.5 Å². The van der Waals surface area contributed by atoms with E-state index in [4.69, 9.17) is 14.2 Å². The minimum absolute atomic E-state index is 0.0689. The zero-order chi connectivity index (χ0) is 17.6. The molecule has 1 aliphatic heterocycles. The Kier molecular flexibility index (Phi) is 5.43. The van der Waals surface area contributed by atoms with Crippen LogP contribution in [-0.4, -0.2) is 25.2 Å². The number of anilines is 1. The van der Waals surface area contributed by atoms with Crippen molar-refractivity contribution in [2.45, 2.75) is 32.8 Å². The number of carbonyl (C=O) groups is 1. The molecule has 2 aromatic rings. The number of ether oxygens (including phenoxy) is 3. The summed E-state index contributed by atoms with van der Waals surface area (Å²) >= 11 is 0. The number of rotatable bonds is 7. The van der Waals surface area contributed by atoms with Crippen LogP contribution in [0, 0.1) is 0 Å². The first-order valence-electron chi connectivity index (χ1n) is 8.55. The number of carbonyl (C=O) groups excluding carboxylic acids is 1. The third-order valence-corrected chi connectivity index (χ3v) is 3.79. The first-order chi connectivity index (χ1) is 12.1. The summed E-state index contributed by atoms with van der Waals surface area (Å²) in [6, 6.07) is 13.3. The summed E-state index contributed by atoms with van der Waals surface area (Å²) in [4.78, 5) is 11.4. The number of amides is 1. The molecule has 1 aliphatic rings. The van der Waals surface area contributed by atoms with Crippen LogP contribution in [-0.2, 0) is 11.2 Å². The van der Waals surface area contributed by atoms with Crippen molar-refractivity contribution in [2.75, 3.05) is 18.5 Å². The molecule has 1 amide bonds. The molecule has 5 nitrogen and oxygen atoms in total. The molecule has 5 heteroatoms. The van der Waals surface area contributed by atoms with Gasteiger partial charge in [0, 0.05) is 12.1 Å². The van der Waals surface area contributed by atoms with E-state index in [9.17, 15) is 4.79 Å². The molecule has 1 N–H and O–H groups in total. The maximum atomic E-state index is 11.4. The average molecular weight is 341 g/mol. The summed E-state index contributed by atoms with van der Waals surface area (Å²) in [5.74, 6) is 2.48. The summed E-state index contributed by atoms with van der Waals surface area (Å²) in [6.07, 6.45) is 1.43. The predicted molar refractivity (Wildman–Crippen MR) is 96.6 cm³/mol. The van der Waals surface area contributed by atoms with Crippen LogP contribution in [0.25, 0.3) is 0 Å². The summed E-state index contributed by atoms with van der Waals surface area (Å²) in [6.45, 7) is 4.90. The third-order valence-electron chi connectivity index (χ3n) is 3.79. The lowest BCUT2D eigenvalue weighted by molar-refractivity contribution is -0.116. The molecule has 0 atom stereocenters. The SMILES string of the molecule is CC(C)Oc1ccc(OCCOc2ccc3c(c2)CCC(=O)N3)cc1. The molecule has 0 unspecified atom stereocenters. The smallest absolute Gasteiger partial charge is 0.224 e. The maximum absolute atomic E-state index is 11.4. The molecule has 0 aliphatic carbocycles. The monoisotopic (exact) mass is 341 g/mol. The van der Waals surface area contributed by atoms with Crippen LogP contribution in [0.5, 0.6) is 17.2 Å². The molecule has 25 heavy (non-hydrogen) atoms. The van der Waals surface area contributed by atoms with Crippen molar-refractivity contribution in [3.05, 3.63) is 48.0 Å². The van der Waals surface area contributed by atoms with Crippen LogP contribution in [0.2, 0.25) is 0 Å². The third kappa shape index (κ3) is 4.89. The van der Waals surface area contributed by atoms with Crippen LogP contribution >= 0.6 is 0 Å². The number of fused-ring (bicyclic) bond motifs is 1. The van der Waals surface area contributed by atoms with E-state index in [1.54, 1.807) is 0 Å². The van der Waals surface area contributed by atoms with E-state index in [1.165, 1.54) is 0 Å². The molecule has 0 radical (unpaired) electrons. The summed E-state index contributed by atoms with van der Waals surface area (Å²) in [7, 11) is 0. The summed E-state index contributed by atoms with van der Waals surface area (Å²) in [5, 5.41) is 2.86. The lowest BCUT2D eigenvalue weighted by atomic mass is 10.0. The molecule has 0 saturated heterocycles. The molecule has 1 heterocycles. The van der Waals surface area contributed by atoms with Crippen LogP contribution in [0.1, 0.15) is 25.8 Å². The quantitative estimate of drug-likeness (QED) is 0.778. The molecular formula is C20H23NO4. The zero-order valence-corrected chi connectivity index (χ0v) is 14.6. The Morgan fingerprint density at radius 2 is 1.56 bits per heavy atom. The van der Waals surface area contributed by atoms with Crippen LogP contribution in [0.3, 0.4) is 0 Å². The van der Waals surface area contributed by atoms with E-state index in [0.29, 0.717) is 19.6 Å². The van der Waals surface area contributed by atoms with Gasteiger partial charge >= 0.3 is 0 Å². The van der Waals surface area contributed by atoms with Gasteiger partial charge in [0.2, 0.25) is 5.91 Å². The van der Waals surface area contributed by atoms with Crippen molar-refractivity contribution < 1.29 is 19.0 Å². The topological polar surface area (TPSA) is 56.8 Å². The summed E-state index contributed by atoms with van der Waals surface area (Å²) < 4.78 is 17.0. The minimum atomic E-state index is 0.0689. The van der Waals surface area contributed by atoms with E-state index in [-0.39, 0.29) is 12.0 Å². The van der Waals surface area contributed by atoms with Crippen molar-refractivity contribution in [3.63, 3.8) is 0 Å². The van der Waals surface area contributed by atoms with E-state index >= 15 is 0 Å². The minimum Gasteiger partial charge on any atom is -0.491 e. The molecule has 0 spiro atoms. The van der Waals surface area contributed by atoms with E-state index in [1.807, 2.05) is 56.3 Å². The number of nitrogens with one attached hydrogen (secondary N) is 1. The van der Waals surface area contributed by atoms with Crippen molar-refractivity contribution in [3.8, 4) is 17.2 Å². The Balaban J connectivity index is 1.45. The highest BCUT2D eigenvalue weighted by Crippen LogP contribution is 2.26. The first kappa shape index (κ1) is 17.1. The molecule has 0 bridgehead atoms. The van der Waals surface area contributed by atoms with Crippen molar-refractivity contribution in [1.82, 2.24) is 0 Å². The molecule has 0 saturated carbocycles. The van der Waals surface area contributed by atoms with Gasteiger partial charge in [-0.2, -0.15) is 0 Å². The van der Waals surface area contributed by atoms with Gasteiger partial charge in [-0.25, -0.2) is 0 Å². The van der Waals surface area contributed by atoms with Gasteiger partial charge in [0.05, 0.1) is 6.10 Å². The number of hydrogen-bond donors (Lipinski definition) is 1. The van der Waals surface area contributed by atoms with Crippen molar-refractivity contribution in [1.29, 1.82) is 0 Å². The average Bonchev–Trinajstić information content (AvgIpc) is 2.59. The van der Waals surface area contributed by atoms with Gasteiger partial charge in [0.25, 0.3) is 0 Å². The molecule has 3 rings (SSSR count). The van der Waals surface area contributed by atoms with Gasteiger partial charge in [0.15, 0.2) is 0 Å². The van der Waals surface area contributed by atoms with E-state index in [0.717, 1.165) is 34.9 Å². The second kappa shape index (κ2) is 7.92. The fraction of sp³-hybridized carbons (Fsp3) is 0.350.